The molecule has 1 saturated heterocycles. The van der Waals surface area contributed by atoms with E-state index in [-0.39, 0.29) is 11.8 Å². The molecule has 2 aromatic heterocycles. The Labute approximate surface area is 196 Å². The van der Waals surface area contributed by atoms with Gasteiger partial charge in [0.05, 0.1) is 16.3 Å². The van der Waals surface area contributed by atoms with Crippen molar-refractivity contribution in [1.82, 2.24) is 19.6 Å². The normalized spacial score (nSPS) is 14.5. The van der Waals surface area contributed by atoms with E-state index in [4.69, 9.17) is 0 Å². The standard InChI is InChI=1S/C25H25N5O2S/c1-17-21-16-22(33-25(21)30(27-17)20-6-4-3-5-7-20)23(31)26-19-10-8-18(9-11-19)24(32)29-14-12-28(2)13-15-29/h3-11,16H,12-15H2,1-2H3,(H,26,31). The molecule has 5 rings (SSSR count). The van der Waals surface area contributed by atoms with Crippen LogP contribution in [0.1, 0.15) is 25.7 Å². The third-order valence-electron chi connectivity index (χ3n) is 5.95. The van der Waals surface area contributed by atoms with Gasteiger partial charge in [-0.05, 0) is 56.4 Å². The van der Waals surface area contributed by atoms with Crippen LogP contribution >= 0.6 is 11.3 Å². The van der Waals surface area contributed by atoms with E-state index in [9.17, 15) is 9.59 Å². The number of anilines is 1. The predicted molar refractivity (Wildman–Crippen MR) is 131 cm³/mol. The minimum Gasteiger partial charge on any atom is -0.336 e. The Kier molecular flexibility index (Phi) is 5.70. The number of likely N-dealkylation sites (N-methyl/N-ethyl adjacent to an activating group) is 1. The summed E-state index contributed by atoms with van der Waals surface area (Å²) in [6.45, 7) is 5.19. The van der Waals surface area contributed by atoms with Crippen LogP contribution in [0.15, 0.2) is 60.7 Å². The van der Waals surface area contributed by atoms with Crippen molar-refractivity contribution in [3.8, 4) is 5.69 Å². The van der Waals surface area contributed by atoms with Crippen molar-refractivity contribution >= 4 is 39.1 Å². The molecule has 0 atom stereocenters. The lowest BCUT2D eigenvalue weighted by Crippen LogP contribution is -2.47. The lowest BCUT2D eigenvalue weighted by molar-refractivity contribution is 0.0664. The number of aryl methyl sites for hydroxylation is 1. The van der Waals surface area contributed by atoms with E-state index >= 15 is 0 Å². The van der Waals surface area contributed by atoms with Gasteiger partial charge in [0, 0.05) is 42.8 Å². The van der Waals surface area contributed by atoms with Crippen LogP contribution in [0, 0.1) is 6.92 Å². The van der Waals surface area contributed by atoms with Gasteiger partial charge in [0.15, 0.2) is 0 Å². The van der Waals surface area contributed by atoms with Crippen molar-refractivity contribution in [3.05, 3.63) is 76.8 Å². The lowest BCUT2D eigenvalue weighted by Gasteiger charge is -2.32. The Balaban J connectivity index is 1.31. The number of nitrogens with zero attached hydrogens (tertiary/aromatic N) is 4. The predicted octanol–water partition coefficient (Wildman–Crippen LogP) is 4.04. The Morgan fingerprint density at radius 3 is 2.36 bits per heavy atom. The van der Waals surface area contributed by atoms with Gasteiger partial charge in [0.25, 0.3) is 11.8 Å². The van der Waals surface area contributed by atoms with Crippen molar-refractivity contribution in [1.29, 1.82) is 0 Å². The molecule has 0 unspecified atom stereocenters. The van der Waals surface area contributed by atoms with Crippen molar-refractivity contribution in [3.63, 3.8) is 0 Å². The molecule has 2 aromatic carbocycles. The first kappa shape index (κ1) is 21.4. The molecule has 1 N–H and O–H groups in total. The topological polar surface area (TPSA) is 70.5 Å². The van der Waals surface area contributed by atoms with Crippen LogP contribution in [-0.4, -0.2) is 64.6 Å². The quantitative estimate of drug-likeness (QED) is 0.500. The molecule has 7 nitrogen and oxygen atoms in total. The van der Waals surface area contributed by atoms with E-state index in [0.29, 0.717) is 16.1 Å². The van der Waals surface area contributed by atoms with E-state index in [1.165, 1.54) is 11.3 Å². The number of hydrogen-bond acceptors (Lipinski definition) is 5. The average molecular weight is 460 g/mol. The number of rotatable bonds is 4. The van der Waals surface area contributed by atoms with E-state index in [0.717, 1.165) is 47.8 Å². The van der Waals surface area contributed by atoms with Gasteiger partial charge in [-0.15, -0.1) is 11.3 Å². The largest absolute Gasteiger partial charge is 0.336 e. The van der Waals surface area contributed by atoms with Gasteiger partial charge in [0.2, 0.25) is 0 Å². The number of fused-ring (bicyclic) bond motifs is 1. The maximum atomic E-state index is 12.9. The second-order valence-corrected chi connectivity index (χ2v) is 9.32. The van der Waals surface area contributed by atoms with Crippen LogP contribution in [0.25, 0.3) is 15.9 Å². The molecule has 33 heavy (non-hydrogen) atoms. The minimum atomic E-state index is -0.173. The molecule has 3 heterocycles. The summed E-state index contributed by atoms with van der Waals surface area (Å²) in [5.74, 6) is -0.139. The van der Waals surface area contributed by atoms with Gasteiger partial charge >= 0.3 is 0 Å². The van der Waals surface area contributed by atoms with Gasteiger partial charge in [-0.3, -0.25) is 9.59 Å². The van der Waals surface area contributed by atoms with Crippen LogP contribution in [0.5, 0.6) is 0 Å². The van der Waals surface area contributed by atoms with Crippen molar-refractivity contribution < 1.29 is 9.59 Å². The molecular weight excluding hydrogens is 434 g/mol. The third kappa shape index (κ3) is 4.27. The summed E-state index contributed by atoms with van der Waals surface area (Å²) < 4.78 is 1.88. The van der Waals surface area contributed by atoms with E-state index in [2.05, 4.69) is 22.4 Å². The number of thiophene rings is 1. The van der Waals surface area contributed by atoms with Crippen LogP contribution in [0.2, 0.25) is 0 Å². The first-order valence-electron chi connectivity index (χ1n) is 10.9. The van der Waals surface area contributed by atoms with Crippen LogP contribution in [-0.2, 0) is 0 Å². The first-order valence-corrected chi connectivity index (χ1v) is 11.7. The molecular formula is C25H25N5O2S. The number of nitrogens with one attached hydrogen (secondary N) is 1. The molecule has 8 heteroatoms. The molecule has 1 fully saturated rings. The van der Waals surface area contributed by atoms with Crippen LogP contribution in [0.3, 0.4) is 0 Å². The highest BCUT2D eigenvalue weighted by molar-refractivity contribution is 7.20. The van der Waals surface area contributed by atoms with Gasteiger partial charge < -0.3 is 15.1 Å². The zero-order valence-electron chi connectivity index (χ0n) is 18.6. The zero-order valence-corrected chi connectivity index (χ0v) is 19.4. The molecule has 2 amide bonds. The molecule has 0 saturated carbocycles. The number of piperazine rings is 1. The highest BCUT2D eigenvalue weighted by Gasteiger charge is 2.21. The van der Waals surface area contributed by atoms with Crippen LogP contribution < -0.4 is 5.32 Å². The van der Waals surface area contributed by atoms with Crippen molar-refractivity contribution in [2.45, 2.75) is 6.92 Å². The fourth-order valence-electron chi connectivity index (χ4n) is 3.98. The smallest absolute Gasteiger partial charge is 0.265 e. The number of para-hydroxylation sites is 1. The first-order chi connectivity index (χ1) is 16.0. The molecule has 4 aromatic rings. The highest BCUT2D eigenvalue weighted by atomic mass is 32.1. The summed E-state index contributed by atoms with van der Waals surface area (Å²) in [5.41, 5.74) is 3.15. The third-order valence-corrected chi connectivity index (χ3v) is 7.06. The summed E-state index contributed by atoms with van der Waals surface area (Å²) in [6, 6.07) is 18.9. The van der Waals surface area contributed by atoms with Gasteiger partial charge in [0.1, 0.15) is 4.83 Å². The number of aromatic nitrogens is 2. The Hall–Kier alpha value is -3.49. The maximum absolute atomic E-state index is 12.9. The fraction of sp³-hybridized carbons (Fsp3) is 0.240. The van der Waals surface area contributed by atoms with Gasteiger partial charge in [-0.25, -0.2) is 4.68 Å². The van der Waals surface area contributed by atoms with Crippen LogP contribution in [0.4, 0.5) is 5.69 Å². The number of amides is 2. The van der Waals surface area contributed by atoms with E-state index < -0.39 is 0 Å². The number of benzene rings is 2. The second-order valence-electron chi connectivity index (χ2n) is 8.29. The maximum Gasteiger partial charge on any atom is 0.265 e. The van der Waals surface area contributed by atoms with E-state index in [1.807, 2.05) is 52.9 Å². The summed E-state index contributed by atoms with van der Waals surface area (Å²) in [6.07, 6.45) is 0. The number of hydrogen-bond donors (Lipinski definition) is 1. The monoisotopic (exact) mass is 459 g/mol. The Bertz CT molecular complexity index is 1300. The molecule has 0 bridgehead atoms. The summed E-state index contributed by atoms with van der Waals surface area (Å²) in [5, 5.41) is 8.55. The second kappa shape index (κ2) is 8.80. The molecule has 168 valence electrons. The summed E-state index contributed by atoms with van der Waals surface area (Å²) >= 11 is 1.42. The minimum absolute atomic E-state index is 0.0337. The molecule has 1 aliphatic rings. The molecule has 0 radical (unpaired) electrons. The molecule has 1 aliphatic heterocycles. The molecule has 0 aliphatic carbocycles. The number of carbonyl (C=O) groups excluding carboxylic acids is 2. The van der Waals surface area contributed by atoms with Crippen molar-refractivity contribution in [2.75, 3.05) is 38.5 Å². The summed E-state index contributed by atoms with van der Waals surface area (Å²) in [4.78, 5) is 31.3. The Morgan fingerprint density at radius 1 is 0.970 bits per heavy atom. The number of carbonyl (C=O) groups is 2. The fourth-order valence-corrected chi connectivity index (χ4v) is 5.06. The van der Waals surface area contributed by atoms with Gasteiger partial charge in [-0.1, -0.05) is 18.2 Å². The van der Waals surface area contributed by atoms with E-state index in [1.54, 1.807) is 24.3 Å². The lowest BCUT2D eigenvalue weighted by atomic mass is 10.1. The molecule has 0 spiro atoms. The SMILES string of the molecule is Cc1nn(-c2ccccc2)c2sc(C(=O)Nc3ccc(C(=O)N4CCN(C)CC4)cc3)cc12. The summed E-state index contributed by atoms with van der Waals surface area (Å²) in [7, 11) is 2.06. The average Bonchev–Trinajstić information content (AvgIpc) is 3.41. The zero-order chi connectivity index (χ0) is 22.9. The van der Waals surface area contributed by atoms with Crippen molar-refractivity contribution in [2.24, 2.45) is 0 Å². The van der Waals surface area contributed by atoms with Gasteiger partial charge in [-0.2, -0.15) is 5.10 Å². The highest BCUT2D eigenvalue weighted by Crippen LogP contribution is 2.31. The Morgan fingerprint density at radius 2 is 1.67 bits per heavy atom.